The Hall–Kier alpha value is -3.40. The number of nitrogens with one attached hydrogen (secondary N) is 1. The van der Waals surface area contributed by atoms with Gasteiger partial charge in [0.1, 0.15) is 11.5 Å². The van der Waals surface area contributed by atoms with Crippen LogP contribution in [0.3, 0.4) is 0 Å². The first-order valence-electron chi connectivity index (χ1n) is 8.54. The number of hydrogen-bond acceptors (Lipinski definition) is 9. The first-order chi connectivity index (χ1) is 14.1. The highest BCUT2D eigenvalue weighted by Crippen LogP contribution is 2.34. The summed E-state index contributed by atoms with van der Waals surface area (Å²) in [4.78, 5) is 12.2. The normalized spacial score (nSPS) is 11.9. The topological polar surface area (TPSA) is 105 Å². The van der Waals surface area contributed by atoms with Crippen LogP contribution in [0.4, 0.5) is 5.69 Å². The lowest BCUT2D eigenvalue weighted by Crippen LogP contribution is -2.13. The Labute approximate surface area is 170 Å². The van der Waals surface area contributed by atoms with Crippen molar-refractivity contribution in [2.75, 3.05) is 32.1 Å². The van der Waals surface area contributed by atoms with Crippen molar-refractivity contribution in [1.29, 1.82) is 0 Å². The number of carbonyl (C=O) groups excluding carboxylic acids is 1. The van der Waals surface area contributed by atoms with Gasteiger partial charge in [0.25, 0.3) is 5.22 Å². The summed E-state index contributed by atoms with van der Waals surface area (Å²) in [5.74, 6) is 2.68. The smallest absolute Gasteiger partial charge is 0.277 e. The molecule has 10 heteroatoms. The molecule has 2 aromatic carbocycles. The molecule has 0 atom stereocenters. The zero-order chi connectivity index (χ0) is 20.2. The van der Waals surface area contributed by atoms with Gasteiger partial charge in [-0.2, -0.15) is 0 Å². The lowest BCUT2D eigenvalue weighted by atomic mass is 10.2. The van der Waals surface area contributed by atoms with Crippen molar-refractivity contribution >= 4 is 23.4 Å². The summed E-state index contributed by atoms with van der Waals surface area (Å²) in [7, 11) is 3.12. The molecule has 150 valence electrons. The van der Waals surface area contributed by atoms with E-state index >= 15 is 0 Å². The van der Waals surface area contributed by atoms with E-state index in [1.807, 2.05) is 0 Å². The van der Waals surface area contributed by atoms with E-state index in [0.29, 0.717) is 40.1 Å². The molecule has 0 saturated carbocycles. The van der Waals surface area contributed by atoms with Crippen LogP contribution in [0.5, 0.6) is 23.0 Å². The second kappa shape index (κ2) is 8.31. The molecule has 0 saturated heterocycles. The van der Waals surface area contributed by atoms with Gasteiger partial charge in [-0.05, 0) is 24.3 Å². The molecule has 1 aromatic heterocycles. The van der Waals surface area contributed by atoms with Gasteiger partial charge in [0.15, 0.2) is 11.5 Å². The van der Waals surface area contributed by atoms with Gasteiger partial charge in [0, 0.05) is 23.4 Å². The number of rotatable bonds is 7. The molecule has 0 spiro atoms. The molecule has 0 unspecified atom stereocenters. The van der Waals surface area contributed by atoms with Gasteiger partial charge in [-0.15, -0.1) is 10.2 Å². The van der Waals surface area contributed by atoms with Crippen molar-refractivity contribution in [1.82, 2.24) is 10.2 Å². The third-order valence-corrected chi connectivity index (χ3v) is 4.81. The predicted molar refractivity (Wildman–Crippen MR) is 105 cm³/mol. The third kappa shape index (κ3) is 4.37. The van der Waals surface area contributed by atoms with E-state index in [9.17, 15) is 4.79 Å². The van der Waals surface area contributed by atoms with Crippen LogP contribution in [0.1, 0.15) is 0 Å². The quantitative estimate of drug-likeness (QED) is 0.582. The van der Waals surface area contributed by atoms with Crippen LogP contribution in [0.2, 0.25) is 0 Å². The summed E-state index contributed by atoms with van der Waals surface area (Å²) in [5.41, 5.74) is 1.28. The SMILES string of the molecule is COc1cc(OC)cc(-c2nnc(SCC(=O)Nc3ccc4c(c3)OCO4)o2)c1. The molecule has 2 heterocycles. The Morgan fingerprint density at radius 3 is 2.59 bits per heavy atom. The van der Waals surface area contributed by atoms with Gasteiger partial charge in [-0.1, -0.05) is 11.8 Å². The predicted octanol–water partition coefficient (Wildman–Crippen LogP) is 3.21. The first-order valence-corrected chi connectivity index (χ1v) is 9.52. The first kappa shape index (κ1) is 18.9. The molecule has 3 aromatic rings. The molecule has 4 rings (SSSR count). The third-order valence-electron chi connectivity index (χ3n) is 3.99. The van der Waals surface area contributed by atoms with E-state index in [4.69, 9.17) is 23.4 Å². The van der Waals surface area contributed by atoms with Crippen molar-refractivity contribution in [3.8, 4) is 34.5 Å². The van der Waals surface area contributed by atoms with Gasteiger partial charge in [-0.3, -0.25) is 4.79 Å². The molecule has 1 aliphatic heterocycles. The van der Waals surface area contributed by atoms with Crippen LogP contribution in [-0.4, -0.2) is 42.9 Å². The molecule has 1 N–H and O–H groups in total. The fourth-order valence-corrected chi connectivity index (χ4v) is 3.18. The number of nitrogens with zero attached hydrogens (tertiary/aromatic N) is 2. The highest BCUT2D eigenvalue weighted by Gasteiger charge is 2.16. The van der Waals surface area contributed by atoms with Crippen LogP contribution in [0.25, 0.3) is 11.5 Å². The second-order valence-electron chi connectivity index (χ2n) is 5.88. The van der Waals surface area contributed by atoms with Crippen LogP contribution < -0.4 is 24.3 Å². The molecule has 0 bridgehead atoms. The highest BCUT2D eigenvalue weighted by atomic mass is 32.2. The molecule has 9 nitrogen and oxygen atoms in total. The summed E-state index contributed by atoms with van der Waals surface area (Å²) in [6.45, 7) is 0.182. The Bertz CT molecular complexity index is 1020. The number of carbonyl (C=O) groups is 1. The minimum Gasteiger partial charge on any atom is -0.497 e. The standard InChI is InChI=1S/C19H17N3O6S/c1-24-13-5-11(6-14(8-13)25-2)18-21-22-19(28-18)29-9-17(23)20-12-3-4-15-16(7-12)27-10-26-15/h3-8H,9-10H2,1-2H3,(H,20,23). The fourth-order valence-electron chi connectivity index (χ4n) is 2.61. The fraction of sp³-hybridized carbons (Fsp3) is 0.211. The number of fused-ring (bicyclic) bond motifs is 1. The van der Waals surface area contributed by atoms with Crippen molar-refractivity contribution in [2.45, 2.75) is 5.22 Å². The van der Waals surface area contributed by atoms with Crippen molar-refractivity contribution < 1.29 is 28.2 Å². The molecule has 1 aliphatic rings. The average molecular weight is 415 g/mol. The number of benzene rings is 2. The molecule has 1 amide bonds. The Balaban J connectivity index is 1.37. The minimum absolute atomic E-state index is 0.109. The Morgan fingerprint density at radius 1 is 1.07 bits per heavy atom. The number of anilines is 1. The maximum atomic E-state index is 12.2. The van der Waals surface area contributed by atoms with Crippen molar-refractivity contribution in [3.63, 3.8) is 0 Å². The maximum absolute atomic E-state index is 12.2. The molecule has 29 heavy (non-hydrogen) atoms. The zero-order valence-corrected chi connectivity index (χ0v) is 16.4. The number of ether oxygens (including phenoxy) is 4. The highest BCUT2D eigenvalue weighted by molar-refractivity contribution is 7.99. The number of hydrogen-bond donors (Lipinski definition) is 1. The number of amides is 1. The number of methoxy groups -OCH3 is 2. The Kier molecular flexibility index (Phi) is 5.43. The summed E-state index contributed by atoms with van der Waals surface area (Å²) >= 11 is 1.14. The van der Waals surface area contributed by atoms with Crippen molar-refractivity contribution in [2.24, 2.45) is 0 Å². The van der Waals surface area contributed by atoms with Gasteiger partial charge in [0.2, 0.25) is 18.6 Å². The largest absolute Gasteiger partial charge is 0.497 e. The second-order valence-corrected chi connectivity index (χ2v) is 6.81. The van der Waals surface area contributed by atoms with Gasteiger partial charge in [0.05, 0.1) is 20.0 Å². The molecular formula is C19H17N3O6S. The van der Waals surface area contributed by atoms with Crippen LogP contribution in [0.15, 0.2) is 46.0 Å². The summed E-state index contributed by atoms with van der Waals surface area (Å²) in [6.07, 6.45) is 0. The lowest BCUT2D eigenvalue weighted by Gasteiger charge is -2.06. The molecule has 0 fully saturated rings. The molecule has 0 radical (unpaired) electrons. The lowest BCUT2D eigenvalue weighted by molar-refractivity contribution is -0.113. The average Bonchev–Trinajstić information content (AvgIpc) is 3.41. The van der Waals surface area contributed by atoms with E-state index in [1.54, 1.807) is 50.6 Å². The molecule has 0 aliphatic carbocycles. The van der Waals surface area contributed by atoms with Crippen molar-refractivity contribution in [3.05, 3.63) is 36.4 Å². The van der Waals surface area contributed by atoms with Crippen LogP contribution in [0, 0.1) is 0 Å². The Morgan fingerprint density at radius 2 is 1.83 bits per heavy atom. The van der Waals surface area contributed by atoms with E-state index < -0.39 is 0 Å². The van der Waals surface area contributed by atoms with Crippen LogP contribution in [-0.2, 0) is 4.79 Å². The van der Waals surface area contributed by atoms with Gasteiger partial charge < -0.3 is 28.7 Å². The van der Waals surface area contributed by atoms with E-state index in [-0.39, 0.29) is 23.7 Å². The van der Waals surface area contributed by atoms with Gasteiger partial charge in [-0.25, -0.2) is 0 Å². The van der Waals surface area contributed by atoms with E-state index in [0.717, 1.165) is 11.8 Å². The summed E-state index contributed by atoms with van der Waals surface area (Å²) in [6, 6.07) is 10.5. The zero-order valence-electron chi connectivity index (χ0n) is 15.6. The number of aromatic nitrogens is 2. The summed E-state index contributed by atoms with van der Waals surface area (Å²) in [5, 5.41) is 11.1. The van der Waals surface area contributed by atoms with E-state index in [1.165, 1.54) is 0 Å². The van der Waals surface area contributed by atoms with Gasteiger partial charge >= 0.3 is 0 Å². The maximum Gasteiger partial charge on any atom is 0.277 e. The minimum atomic E-state index is -0.211. The summed E-state index contributed by atoms with van der Waals surface area (Å²) < 4.78 is 26.7. The molecular weight excluding hydrogens is 398 g/mol. The van der Waals surface area contributed by atoms with Crippen LogP contribution >= 0.6 is 11.8 Å². The number of thioether (sulfide) groups is 1. The van der Waals surface area contributed by atoms with E-state index in [2.05, 4.69) is 15.5 Å². The monoisotopic (exact) mass is 415 g/mol.